The molecule has 0 amide bonds. The van der Waals surface area contributed by atoms with Crippen LogP contribution in [0.15, 0.2) is 60.8 Å². The summed E-state index contributed by atoms with van der Waals surface area (Å²) in [5.41, 5.74) is 3.52. The molecule has 1 aromatic heterocycles. The first-order chi connectivity index (χ1) is 11.8. The first-order valence-corrected chi connectivity index (χ1v) is 8.11. The Balaban J connectivity index is 1.53. The van der Waals surface area contributed by atoms with Crippen LogP contribution in [0.3, 0.4) is 0 Å². The zero-order valence-corrected chi connectivity index (χ0v) is 13.7. The summed E-state index contributed by atoms with van der Waals surface area (Å²) in [4.78, 5) is 4.46. The summed E-state index contributed by atoms with van der Waals surface area (Å²) in [6, 6.07) is 18.5. The molecule has 0 bridgehead atoms. The normalized spacial score (nSPS) is 10.4. The van der Waals surface area contributed by atoms with Gasteiger partial charge in [0.1, 0.15) is 0 Å². The lowest BCUT2D eigenvalue weighted by Crippen LogP contribution is -2.08. The Morgan fingerprint density at radius 1 is 0.958 bits per heavy atom. The van der Waals surface area contributed by atoms with E-state index in [1.165, 1.54) is 5.56 Å². The van der Waals surface area contributed by atoms with Gasteiger partial charge in [-0.1, -0.05) is 48.5 Å². The summed E-state index contributed by atoms with van der Waals surface area (Å²) < 4.78 is 0. The lowest BCUT2D eigenvalue weighted by atomic mass is 10.1. The number of rotatable bonds is 7. The summed E-state index contributed by atoms with van der Waals surface area (Å²) >= 11 is 0. The van der Waals surface area contributed by atoms with Crippen LogP contribution in [0.4, 0.5) is 17.5 Å². The van der Waals surface area contributed by atoms with Gasteiger partial charge in [0.25, 0.3) is 0 Å². The fraction of sp³-hybridized carbons (Fsp3) is 0.211. The average molecular weight is 319 g/mol. The fourth-order valence-electron chi connectivity index (χ4n) is 2.43. The van der Waals surface area contributed by atoms with Crippen LogP contribution in [-0.4, -0.2) is 21.7 Å². The van der Waals surface area contributed by atoms with Gasteiger partial charge >= 0.3 is 0 Å². The van der Waals surface area contributed by atoms with Crippen molar-refractivity contribution in [1.82, 2.24) is 15.2 Å². The van der Waals surface area contributed by atoms with Gasteiger partial charge in [-0.25, -0.2) is 0 Å². The molecule has 5 heteroatoms. The van der Waals surface area contributed by atoms with Crippen LogP contribution in [0, 0.1) is 6.92 Å². The minimum absolute atomic E-state index is 0.543. The van der Waals surface area contributed by atoms with Gasteiger partial charge in [0.2, 0.25) is 5.95 Å². The van der Waals surface area contributed by atoms with Crippen molar-refractivity contribution < 1.29 is 0 Å². The summed E-state index contributed by atoms with van der Waals surface area (Å²) in [6.07, 6.45) is 3.67. The highest BCUT2D eigenvalue weighted by Crippen LogP contribution is 2.18. The van der Waals surface area contributed by atoms with Crippen LogP contribution in [0.25, 0.3) is 0 Å². The minimum Gasteiger partial charge on any atom is -0.353 e. The summed E-state index contributed by atoms with van der Waals surface area (Å²) in [7, 11) is 0. The maximum absolute atomic E-state index is 4.46. The van der Waals surface area contributed by atoms with Gasteiger partial charge < -0.3 is 10.6 Å². The van der Waals surface area contributed by atoms with E-state index in [2.05, 4.69) is 63.1 Å². The van der Waals surface area contributed by atoms with Gasteiger partial charge in [0.05, 0.1) is 6.20 Å². The van der Waals surface area contributed by atoms with Gasteiger partial charge in [-0.2, -0.15) is 10.1 Å². The van der Waals surface area contributed by atoms with Crippen molar-refractivity contribution >= 4 is 17.5 Å². The molecule has 0 saturated carbocycles. The number of aryl methyl sites for hydroxylation is 2. The third-order valence-electron chi connectivity index (χ3n) is 3.73. The molecule has 3 aromatic rings. The first-order valence-electron chi connectivity index (χ1n) is 8.11. The quantitative estimate of drug-likeness (QED) is 0.645. The monoisotopic (exact) mass is 319 g/mol. The van der Waals surface area contributed by atoms with E-state index < -0.39 is 0 Å². The van der Waals surface area contributed by atoms with Gasteiger partial charge in [-0.15, -0.1) is 5.10 Å². The molecule has 0 aliphatic carbocycles. The molecule has 0 spiro atoms. The number of para-hydroxylation sites is 1. The highest BCUT2D eigenvalue weighted by Gasteiger charge is 2.02. The number of nitrogens with zero attached hydrogens (tertiary/aromatic N) is 3. The third kappa shape index (κ3) is 4.52. The van der Waals surface area contributed by atoms with E-state index in [4.69, 9.17) is 0 Å². The molecule has 3 rings (SSSR count). The second kappa shape index (κ2) is 8.06. The number of hydrogen-bond acceptors (Lipinski definition) is 5. The van der Waals surface area contributed by atoms with Crippen molar-refractivity contribution in [2.75, 3.05) is 17.2 Å². The molecule has 0 aliphatic heterocycles. The van der Waals surface area contributed by atoms with Crippen molar-refractivity contribution in [3.63, 3.8) is 0 Å². The molecular formula is C19H21N5. The molecule has 2 aromatic carbocycles. The average Bonchev–Trinajstić information content (AvgIpc) is 2.62. The van der Waals surface area contributed by atoms with E-state index in [-0.39, 0.29) is 0 Å². The molecular weight excluding hydrogens is 298 g/mol. The zero-order chi connectivity index (χ0) is 16.6. The highest BCUT2D eigenvalue weighted by molar-refractivity contribution is 5.59. The maximum atomic E-state index is 4.46. The standard InChI is InChI=1S/C19H21N5/c1-15-8-5-6-12-17(15)22-18-14-21-24-19(23-18)20-13-7-11-16-9-3-2-4-10-16/h2-6,8-10,12,14H,7,11,13H2,1H3,(H2,20,22,23,24). The lowest BCUT2D eigenvalue weighted by molar-refractivity contribution is 0.843. The van der Waals surface area contributed by atoms with Crippen LogP contribution in [-0.2, 0) is 6.42 Å². The first kappa shape index (κ1) is 15.9. The van der Waals surface area contributed by atoms with Gasteiger partial charge in [0.15, 0.2) is 5.82 Å². The Kier molecular flexibility index (Phi) is 5.35. The molecule has 0 aliphatic rings. The second-order valence-corrected chi connectivity index (χ2v) is 5.62. The van der Waals surface area contributed by atoms with Gasteiger partial charge in [-0.3, -0.25) is 0 Å². The van der Waals surface area contributed by atoms with E-state index in [0.29, 0.717) is 11.8 Å². The van der Waals surface area contributed by atoms with E-state index in [0.717, 1.165) is 30.6 Å². The molecule has 0 saturated heterocycles. The van der Waals surface area contributed by atoms with Crippen molar-refractivity contribution in [1.29, 1.82) is 0 Å². The number of aromatic nitrogens is 3. The molecule has 0 atom stereocenters. The Morgan fingerprint density at radius 3 is 2.58 bits per heavy atom. The maximum Gasteiger partial charge on any atom is 0.244 e. The Morgan fingerprint density at radius 2 is 1.75 bits per heavy atom. The predicted molar refractivity (Wildman–Crippen MR) is 97.5 cm³/mol. The summed E-state index contributed by atoms with van der Waals surface area (Å²) in [5.74, 6) is 1.23. The van der Waals surface area contributed by atoms with Crippen molar-refractivity contribution in [3.05, 3.63) is 71.9 Å². The van der Waals surface area contributed by atoms with Crippen molar-refractivity contribution in [2.24, 2.45) is 0 Å². The number of nitrogens with one attached hydrogen (secondary N) is 2. The van der Waals surface area contributed by atoms with Crippen LogP contribution in [0.1, 0.15) is 17.5 Å². The molecule has 0 radical (unpaired) electrons. The summed E-state index contributed by atoms with van der Waals surface area (Å²) in [5, 5.41) is 14.6. The van der Waals surface area contributed by atoms with Gasteiger partial charge in [-0.05, 0) is 37.0 Å². The topological polar surface area (TPSA) is 62.7 Å². The van der Waals surface area contributed by atoms with Crippen LogP contribution >= 0.6 is 0 Å². The van der Waals surface area contributed by atoms with E-state index in [1.54, 1.807) is 6.20 Å². The largest absolute Gasteiger partial charge is 0.353 e. The third-order valence-corrected chi connectivity index (χ3v) is 3.73. The second-order valence-electron chi connectivity index (χ2n) is 5.62. The molecule has 24 heavy (non-hydrogen) atoms. The Labute approximate surface area is 142 Å². The number of hydrogen-bond donors (Lipinski definition) is 2. The van der Waals surface area contributed by atoms with E-state index in [1.807, 2.05) is 24.3 Å². The predicted octanol–water partition coefficient (Wildman–Crippen LogP) is 3.97. The van der Waals surface area contributed by atoms with Gasteiger partial charge in [0, 0.05) is 12.2 Å². The zero-order valence-electron chi connectivity index (χ0n) is 13.7. The number of anilines is 3. The smallest absolute Gasteiger partial charge is 0.244 e. The molecule has 0 unspecified atom stereocenters. The Bertz CT molecular complexity index is 773. The van der Waals surface area contributed by atoms with Crippen molar-refractivity contribution in [2.45, 2.75) is 19.8 Å². The van der Waals surface area contributed by atoms with Crippen LogP contribution in [0.2, 0.25) is 0 Å². The molecule has 1 heterocycles. The fourth-order valence-corrected chi connectivity index (χ4v) is 2.43. The molecule has 122 valence electrons. The van der Waals surface area contributed by atoms with Crippen LogP contribution in [0.5, 0.6) is 0 Å². The molecule has 5 nitrogen and oxygen atoms in total. The van der Waals surface area contributed by atoms with Crippen molar-refractivity contribution in [3.8, 4) is 0 Å². The summed E-state index contributed by atoms with van der Waals surface area (Å²) in [6.45, 7) is 2.87. The lowest BCUT2D eigenvalue weighted by Gasteiger charge is -2.09. The van der Waals surface area contributed by atoms with E-state index >= 15 is 0 Å². The highest BCUT2D eigenvalue weighted by atomic mass is 15.3. The van der Waals surface area contributed by atoms with Crippen LogP contribution < -0.4 is 10.6 Å². The number of benzene rings is 2. The SMILES string of the molecule is Cc1ccccc1Nc1cnnc(NCCCc2ccccc2)n1. The van der Waals surface area contributed by atoms with E-state index in [9.17, 15) is 0 Å². The molecule has 0 fully saturated rings. The Hall–Kier alpha value is -2.95. The molecule has 2 N–H and O–H groups in total. The minimum atomic E-state index is 0.543.